The van der Waals surface area contributed by atoms with Crippen molar-refractivity contribution in [1.29, 1.82) is 0 Å². The van der Waals surface area contributed by atoms with Crippen LogP contribution in [0.15, 0.2) is 134 Å². The number of aromatic nitrogens is 3. The fraction of sp³-hybridized carbons (Fsp3) is 0.370. The number of fused-ring (bicyclic) bond motifs is 2. The van der Waals surface area contributed by atoms with E-state index in [9.17, 15) is 9.90 Å². The van der Waals surface area contributed by atoms with E-state index in [1.165, 1.54) is 5.19 Å². The summed E-state index contributed by atoms with van der Waals surface area (Å²) in [6, 6.07) is 42.5. The van der Waals surface area contributed by atoms with Crippen LogP contribution in [-0.2, 0) is 33.0 Å². The van der Waals surface area contributed by atoms with Gasteiger partial charge in [-0.15, -0.1) is 5.10 Å². The molecule has 0 saturated carbocycles. The molecule has 5 aromatic carbocycles. The number of carbonyl (C=O) groups excluding carboxylic acids is 2. The number of aliphatic hydroxyl groups is 1. The molecule has 352 valence electrons. The third-order valence-corrected chi connectivity index (χ3v) is 19.9. The molecule has 10 rings (SSSR count). The van der Waals surface area contributed by atoms with Crippen molar-refractivity contribution in [3.63, 3.8) is 0 Å². The molecule has 0 aliphatic carbocycles. The van der Waals surface area contributed by atoms with Gasteiger partial charge in [-0.05, 0) is 104 Å². The van der Waals surface area contributed by atoms with E-state index < -0.39 is 19.2 Å². The van der Waals surface area contributed by atoms with Gasteiger partial charge in [0.2, 0.25) is 0 Å². The minimum absolute atomic E-state index is 0.00678. The van der Waals surface area contributed by atoms with E-state index in [-0.39, 0.29) is 41.9 Å². The third-order valence-electron chi connectivity index (χ3n) is 15.5. The van der Waals surface area contributed by atoms with E-state index in [1.54, 1.807) is 14.2 Å². The number of aryl methyl sites for hydroxylation is 1. The monoisotopic (exact) mass is 931 g/mol. The summed E-state index contributed by atoms with van der Waals surface area (Å²) in [5, 5.41) is 24.2. The number of amides is 2. The fourth-order valence-electron chi connectivity index (χ4n) is 11.9. The zero-order valence-corrected chi connectivity index (χ0v) is 40.5. The van der Waals surface area contributed by atoms with Gasteiger partial charge in [0, 0.05) is 35.6 Å². The zero-order valence-electron chi connectivity index (χ0n) is 39.5. The highest BCUT2D eigenvalue weighted by Crippen LogP contribution is 2.60. The average Bonchev–Trinajstić information content (AvgIpc) is 4.10. The number of aliphatic hydroxyl groups excluding tert-OH is 1. The van der Waals surface area contributed by atoms with Crippen molar-refractivity contribution in [2.24, 2.45) is 5.92 Å². The van der Waals surface area contributed by atoms with Crippen molar-refractivity contribution in [3.05, 3.63) is 156 Å². The molecule has 1 aromatic heterocycles. The number of hydrogen-bond acceptors (Lipinski definition) is 10. The van der Waals surface area contributed by atoms with E-state index in [2.05, 4.69) is 64.8 Å². The van der Waals surface area contributed by atoms with Gasteiger partial charge in [0.1, 0.15) is 17.0 Å². The average molecular weight is 932 g/mol. The number of hydrogen-bond donors (Lipinski definition) is 2. The summed E-state index contributed by atoms with van der Waals surface area (Å²) in [6.07, 6.45) is 3.66. The van der Waals surface area contributed by atoms with Gasteiger partial charge in [0.05, 0.1) is 65.5 Å². The number of methoxy groups -OCH3 is 2. The van der Waals surface area contributed by atoms with Crippen molar-refractivity contribution >= 4 is 42.1 Å². The van der Waals surface area contributed by atoms with E-state index in [4.69, 9.17) is 14.2 Å². The Hall–Kier alpha value is -6.32. The first-order valence-electron chi connectivity index (χ1n) is 23.9. The summed E-state index contributed by atoms with van der Waals surface area (Å²) >= 11 is 0. The Morgan fingerprint density at radius 2 is 1.51 bits per heavy atom. The lowest BCUT2D eigenvalue weighted by molar-refractivity contribution is -0.146. The first-order chi connectivity index (χ1) is 33.0. The van der Waals surface area contributed by atoms with Crippen LogP contribution < -0.4 is 34.7 Å². The number of para-hydroxylation sites is 1. The quantitative estimate of drug-likeness (QED) is 0.108. The van der Waals surface area contributed by atoms with Gasteiger partial charge in [-0.3, -0.25) is 19.2 Å². The topological polar surface area (TPSA) is 135 Å². The molecular formula is C54H61N7O6Si. The molecule has 68 heavy (non-hydrogen) atoms. The normalized spacial score (nSPS) is 22.6. The smallest absolute Gasteiger partial charge is 0.264 e. The molecule has 3 saturated heterocycles. The van der Waals surface area contributed by atoms with Gasteiger partial charge < -0.3 is 34.4 Å². The molecule has 1 unspecified atom stereocenters. The maximum atomic E-state index is 15.7. The molecule has 6 aromatic rings. The van der Waals surface area contributed by atoms with Crippen LogP contribution >= 0.6 is 0 Å². The van der Waals surface area contributed by atoms with Crippen molar-refractivity contribution < 1.29 is 28.9 Å². The summed E-state index contributed by atoms with van der Waals surface area (Å²) in [5.74, 6) is 0.961. The van der Waals surface area contributed by atoms with Gasteiger partial charge in [0.15, 0.2) is 5.60 Å². The van der Waals surface area contributed by atoms with Crippen LogP contribution in [-0.4, -0.2) is 92.2 Å². The molecule has 2 spiro atoms. The molecule has 0 radical (unpaired) electrons. The number of rotatable bonds is 14. The van der Waals surface area contributed by atoms with E-state index in [0.717, 1.165) is 65.4 Å². The Labute approximate surface area is 399 Å². The maximum absolute atomic E-state index is 15.7. The van der Waals surface area contributed by atoms with Crippen LogP contribution in [0.1, 0.15) is 54.5 Å². The molecule has 14 heteroatoms. The summed E-state index contributed by atoms with van der Waals surface area (Å²) in [5.41, 5.74) is 4.22. The Morgan fingerprint density at radius 1 is 0.838 bits per heavy atom. The number of nitrogens with zero attached hydrogens (tertiary/aromatic N) is 6. The highest BCUT2D eigenvalue weighted by molar-refractivity contribution is 6.91. The highest BCUT2D eigenvalue weighted by Gasteiger charge is 2.66. The number of piperidine rings is 1. The SMILES string of the molecule is COc1ccc([Si](C)(C)[C@@H]2[C@@H](CCn3cc(C(CO)c4ccccc4)nn3)O[C@]3(C(=O)N(Cc4ccc(N5CN(c6ccccc6)C6(CCNCC6)C5=O)cc4)c4ccc(OC)cc43)[C@H]2C)cc1. The molecule has 2 N–H and O–H groups in total. The molecule has 3 fully saturated rings. The van der Waals surface area contributed by atoms with E-state index in [0.29, 0.717) is 37.6 Å². The molecule has 2 amide bonds. The molecule has 4 aliphatic heterocycles. The second kappa shape index (κ2) is 18.3. The summed E-state index contributed by atoms with van der Waals surface area (Å²) in [6.45, 7) is 9.74. The highest BCUT2D eigenvalue weighted by atomic mass is 28.3. The lowest BCUT2D eigenvalue weighted by Gasteiger charge is -2.39. The van der Waals surface area contributed by atoms with Gasteiger partial charge >= 0.3 is 0 Å². The van der Waals surface area contributed by atoms with Gasteiger partial charge in [-0.1, -0.05) is 103 Å². The minimum atomic E-state index is -2.44. The lowest BCUT2D eigenvalue weighted by atomic mass is 9.82. The third kappa shape index (κ3) is 7.67. The predicted molar refractivity (Wildman–Crippen MR) is 266 cm³/mol. The summed E-state index contributed by atoms with van der Waals surface area (Å²) < 4.78 is 20.7. The fourth-order valence-corrected chi connectivity index (χ4v) is 15.9. The van der Waals surface area contributed by atoms with E-state index >= 15 is 4.79 Å². The Balaban J connectivity index is 0.959. The van der Waals surface area contributed by atoms with Crippen molar-refractivity contribution in [2.45, 2.75) is 81.1 Å². The first-order valence-corrected chi connectivity index (χ1v) is 26.9. The molecule has 13 nitrogen and oxygen atoms in total. The van der Waals surface area contributed by atoms with Crippen LogP contribution in [0.2, 0.25) is 18.6 Å². The van der Waals surface area contributed by atoms with E-state index in [1.807, 2.05) is 124 Å². The largest absolute Gasteiger partial charge is 0.497 e. The Kier molecular flexibility index (Phi) is 12.2. The van der Waals surface area contributed by atoms with Crippen LogP contribution in [0, 0.1) is 5.92 Å². The predicted octanol–water partition coefficient (Wildman–Crippen LogP) is 7.21. The van der Waals surface area contributed by atoms with Crippen LogP contribution in [0.4, 0.5) is 17.1 Å². The van der Waals surface area contributed by atoms with Crippen LogP contribution in [0.25, 0.3) is 0 Å². The summed E-state index contributed by atoms with van der Waals surface area (Å²) in [7, 11) is 0.891. The molecule has 5 atom stereocenters. The molecule has 4 aliphatic rings. The van der Waals surface area contributed by atoms with Gasteiger partial charge in [0.25, 0.3) is 11.8 Å². The number of carbonyl (C=O) groups is 2. The molecular weight excluding hydrogens is 871 g/mol. The number of anilines is 3. The van der Waals surface area contributed by atoms with Gasteiger partial charge in [-0.25, -0.2) is 0 Å². The standard InChI is InChI=1S/C54H61N7O6Si/c1-37-50(68(4,5)44-23-20-42(65-2)21-24-44)49(26-31-58-34-47(56-57-58)45(35-62)39-12-8-6-9-13-39)67-54(37)46-32-43(66-3)22-25-48(46)59(52(54)64)33-38-16-18-40(19-17-38)60-36-61(41-14-10-7-11-15-41)53(51(60)63)27-29-55-30-28-53/h6-25,32,34,37,45,49-50,55,62H,26-31,33,35-36H2,1-5H3/t37-,45?,49+,50-,54+/m0/s1. The molecule has 5 heterocycles. The Morgan fingerprint density at radius 3 is 2.19 bits per heavy atom. The lowest BCUT2D eigenvalue weighted by Crippen LogP contribution is -2.55. The second-order valence-corrected chi connectivity index (χ2v) is 24.0. The van der Waals surface area contributed by atoms with Crippen LogP contribution in [0.5, 0.6) is 11.5 Å². The summed E-state index contributed by atoms with van der Waals surface area (Å²) in [4.78, 5) is 36.2. The zero-order chi connectivity index (χ0) is 47.2. The minimum Gasteiger partial charge on any atom is -0.497 e. The maximum Gasteiger partial charge on any atom is 0.264 e. The van der Waals surface area contributed by atoms with Crippen molar-refractivity contribution in [2.75, 3.05) is 55.3 Å². The first kappa shape index (κ1) is 45.5. The second-order valence-electron chi connectivity index (χ2n) is 19.4. The molecule has 0 bridgehead atoms. The Bertz CT molecular complexity index is 2750. The number of nitrogens with one attached hydrogen (secondary N) is 1. The number of ether oxygens (including phenoxy) is 3. The number of benzene rings is 5. The van der Waals surface area contributed by atoms with Gasteiger partial charge in [-0.2, -0.15) is 0 Å². The van der Waals surface area contributed by atoms with Crippen molar-refractivity contribution in [1.82, 2.24) is 20.3 Å². The van der Waals surface area contributed by atoms with Crippen LogP contribution in [0.3, 0.4) is 0 Å². The van der Waals surface area contributed by atoms with Crippen molar-refractivity contribution in [3.8, 4) is 11.5 Å².